The fraction of sp³-hybridized carbons (Fsp3) is 0.391. The predicted molar refractivity (Wildman–Crippen MR) is 120 cm³/mol. The van der Waals surface area contributed by atoms with Crippen molar-refractivity contribution in [2.24, 2.45) is 11.7 Å². The van der Waals surface area contributed by atoms with E-state index in [2.05, 4.69) is 4.72 Å². The molecule has 1 unspecified atom stereocenters. The molecule has 1 saturated heterocycles. The molecule has 172 valence electrons. The molecule has 0 radical (unpaired) electrons. The highest BCUT2D eigenvalue weighted by Gasteiger charge is 2.33. The molecule has 2 amide bonds. The van der Waals surface area contributed by atoms with Gasteiger partial charge in [-0.05, 0) is 55.5 Å². The molecule has 2 aromatic carbocycles. The number of benzene rings is 2. The van der Waals surface area contributed by atoms with Crippen LogP contribution in [0.15, 0.2) is 53.4 Å². The number of piperidine rings is 1. The van der Waals surface area contributed by atoms with E-state index in [-0.39, 0.29) is 29.0 Å². The molecule has 8 nitrogen and oxygen atoms in total. The van der Waals surface area contributed by atoms with Gasteiger partial charge in [0.25, 0.3) is 0 Å². The van der Waals surface area contributed by atoms with E-state index in [1.807, 2.05) is 30.3 Å². The highest BCUT2D eigenvalue weighted by Crippen LogP contribution is 2.23. The zero-order valence-corrected chi connectivity index (χ0v) is 19.1. The molecular weight excluding hydrogens is 430 g/mol. The number of nitrogens with one attached hydrogen (secondary N) is 1. The van der Waals surface area contributed by atoms with Gasteiger partial charge in [0.05, 0.1) is 12.0 Å². The van der Waals surface area contributed by atoms with Gasteiger partial charge in [0.2, 0.25) is 21.8 Å². The highest BCUT2D eigenvalue weighted by atomic mass is 32.2. The minimum absolute atomic E-state index is 0.0640. The summed E-state index contributed by atoms with van der Waals surface area (Å²) in [5.41, 5.74) is 6.90. The van der Waals surface area contributed by atoms with Crippen molar-refractivity contribution in [2.75, 3.05) is 20.2 Å². The molecule has 1 aliphatic heterocycles. The quantitative estimate of drug-likeness (QED) is 0.622. The zero-order chi connectivity index (χ0) is 23.3. The molecule has 32 heavy (non-hydrogen) atoms. The van der Waals surface area contributed by atoms with Gasteiger partial charge in [-0.25, -0.2) is 8.42 Å². The van der Waals surface area contributed by atoms with Crippen molar-refractivity contribution < 1.29 is 22.7 Å². The lowest BCUT2D eigenvalue weighted by atomic mass is 9.95. The summed E-state index contributed by atoms with van der Waals surface area (Å²) in [4.78, 5) is 26.4. The number of rotatable bonds is 8. The van der Waals surface area contributed by atoms with Crippen LogP contribution in [-0.2, 0) is 26.0 Å². The molecule has 1 fully saturated rings. The predicted octanol–water partition coefficient (Wildman–Crippen LogP) is 1.62. The van der Waals surface area contributed by atoms with Crippen LogP contribution in [0.25, 0.3) is 0 Å². The molecule has 1 atom stereocenters. The molecular formula is C23H29N3O5S. The van der Waals surface area contributed by atoms with Gasteiger partial charge in [0, 0.05) is 19.0 Å². The number of carbonyl (C=O) groups excluding carboxylic acids is 2. The number of likely N-dealkylation sites (tertiary alicyclic amines) is 1. The second kappa shape index (κ2) is 10.1. The fourth-order valence-corrected chi connectivity index (χ4v) is 5.18. The highest BCUT2D eigenvalue weighted by molar-refractivity contribution is 7.89. The van der Waals surface area contributed by atoms with Gasteiger partial charge in [-0.2, -0.15) is 4.72 Å². The Morgan fingerprint density at radius 3 is 2.38 bits per heavy atom. The number of aryl methyl sites for hydroxylation is 1. The zero-order valence-electron chi connectivity index (χ0n) is 18.3. The van der Waals surface area contributed by atoms with Gasteiger partial charge in [-0.1, -0.05) is 30.3 Å². The molecule has 1 heterocycles. The Balaban J connectivity index is 1.83. The van der Waals surface area contributed by atoms with Gasteiger partial charge in [-0.15, -0.1) is 0 Å². The van der Waals surface area contributed by atoms with E-state index in [0.29, 0.717) is 37.2 Å². The largest absolute Gasteiger partial charge is 0.496 e. The molecule has 3 rings (SSSR count). The van der Waals surface area contributed by atoms with Crippen molar-refractivity contribution in [3.8, 4) is 5.75 Å². The SMILES string of the molecule is COc1ccc(S(=O)(=O)NC(Cc2ccccc2)C(=O)N2CCC(C(N)=O)CC2)cc1C. The van der Waals surface area contributed by atoms with Crippen LogP contribution in [0.2, 0.25) is 0 Å². The van der Waals surface area contributed by atoms with E-state index < -0.39 is 16.1 Å². The number of carbonyl (C=O) groups is 2. The summed E-state index contributed by atoms with van der Waals surface area (Å²) in [6.07, 6.45) is 1.16. The molecule has 0 aliphatic carbocycles. The van der Waals surface area contributed by atoms with Gasteiger partial charge in [0.1, 0.15) is 11.8 Å². The number of nitrogens with zero attached hydrogens (tertiary/aromatic N) is 1. The van der Waals surface area contributed by atoms with Gasteiger partial charge >= 0.3 is 0 Å². The first kappa shape index (κ1) is 23.7. The van der Waals surface area contributed by atoms with Crippen LogP contribution in [-0.4, -0.2) is 51.4 Å². The Bertz CT molecular complexity index is 1060. The van der Waals surface area contributed by atoms with Crippen LogP contribution in [0.3, 0.4) is 0 Å². The Hall–Kier alpha value is -2.91. The summed E-state index contributed by atoms with van der Waals surface area (Å²) in [6.45, 7) is 2.48. The van der Waals surface area contributed by atoms with E-state index in [4.69, 9.17) is 10.5 Å². The van der Waals surface area contributed by atoms with Crippen molar-refractivity contribution >= 4 is 21.8 Å². The summed E-state index contributed by atoms with van der Waals surface area (Å²) in [6, 6.07) is 12.8. The number of primary amides is 1. The van der Waals surface area contributed by atoms with Gasteiger partial charge in [0.15, 0.2) is 0 Å². The number of hydrogen-bond acceptors (Lipinski definition) is 5. The lowest BCUT2D eigenvalue weighted by Gasteiger charge is -2.33. The van der Waals surface area contributed by atoms with Crippen molar-refractivity contribution in [2.45, 2.75) is 37.1 Å². The average molecular weight is 460 g/mol. The van der Waals surface area contributed by atoms with Crippen LogP contribution < -0.4 is 15.2 Å². The Morgan fingerprint density at radius 2 is 1.81 bits per heavy atom. The first-order valence-corrected chi connectivity index (χ1v) is 12.0. The number of sulfonamides is 1. The Kier molecular flexibility index (Phi) is 7.52. The summed E-state index contributed by atoms with van der Waals surface area (Å²) in [5, 5.41) is 0. The van der Waals surface area contributed by atoms with Crippen LogP contribution in [0.5, 0.6) is 5.75 Å². The maximum absolute atomic E-state index is 13.3. The normalized spacial score (nSPS) is 15.9. The monoisotopic (exact) mass is 459 g/mol. The van der Waals surface area contributed by atoms with Crippen LogP contribution in [0.1, 0.15) is 24.0 Å². The number of methoxy groups -OCH3 is 1. The van der Waals surface area contributed by atoms with Gasteiger partial charge in [-0.3, -0.25) is 9.59 Å². The van der Waals surface area contributed by atoms with Crippen LogP contribution >= 0.6 is 0 Å². The first-order valence-electron chi connectivity index (χ1n) is 10.5. The summed E-state index contributed by atoms with van der Waals surface area (Å²) in [7, 11) is -2.44. The van der Waals surface area contributed by atoms with E-state index in [0.717, 1.165) is 5.56 Å². The van der Waals surface area contributed by atoms with Crippen molar-refractivity contribution in [1.29, 1.82) is 0 Å². The molecule has 3 N–H and O–H groups in total. The topological polar surface area (TPSA) is 119 Å². The maximum Gasteiger partial charge on any atom is 0.241 e. The number of amides is 2. The third-order valence-electron chi connectivity index (χ3n) is 5.76. The molecule has 0 saturated carbocycles. The molecule has 2 aromatic rings. The number of ether oxygens (including phenoxy) is 1. The number of hydrogen-bond donors (Lipinski definition) is 2. The lowest BCUT2D eigenvalue weighted by molar-refractivity contribution is -0.136. The van der Waals surface area contributed by atoms with Crippen LogP contribution in [0.4, 0.5) is 0 Å². The summed E-state index contributed by atoms with van der Waals surface area (Å²) in [5.74, 6) is -0.358. The smallest absolute Gasteiger partial charge is 0.241 e. The standard InChI is InChI=1S/C23H29N3O5S/c1-16-14-19(8-9-21(16)31-2)32(29,30)25-20(15-17-6-4-3-5-7-17)23(28)26-12-10-18(11-13-26)22(24)27/h3-9,14,18,20,25H,10-13,15H2,1-2H3,(H2,24,27). The van der Waals surface area contributed by atoms with E-state index in [1.165, 1.54) is 19.2 Å². The summed E-state index contributed by atoms with van der Waals surface area (Å²) < 4.78 is 34.1. The second-order valence-corrected chi connectivity index (χ2v) is 9.71. The second-order valence-electron chi connectivity index (χ2n) is 8.00. The first-order chi connectivity index (χ1) is 15.2. The fourth-order valence-electron chi connectivity index (χ4n) is 3.91. The van der Waals surface area contributed by atoms with Crippen molar-refractivity contribution in [3.63, 3.8) is 0 Å². The van der Waals surface area contributed by atoms with E-state index >= 15 is 0 Å². The maximum atomic E-state index is 13.3. The minimum atomic E-state index is -3.96. The van der Waals surface area contributed by atoms with E-state index in [9.17, 15) is 18.0 Å². The van der Waals surface area contributed by atoms with E-state index in [1.54, 1.807) is 17.9 Å². The molecule has 0 aromatic heterocycles. The third kappa shape index (κ3) is 5.66. The minimum Gasteiger partial charge on any atom is -0.496 e. The lowest BCUT2D eigenvalue weighted by Crippen LogP contribution is -2.52. The third-order valence-corrected chi connectivity index (χ3v) is 7.23. The van der Waals surface area contributed by atoms with Gasteiger partial charge < -0.3 is 15.4 Å². The molecule has 9 heteroatoms. The van der Waals surface area contributed by atoms with Crippen LogP contribution in [0, 0.1) is 12.8 Å². The number of nitrogens with two attached hydrogens (primary N) is 1. The average Bonchev–Trinajstić information content (AvgIpc) is 2.78. The molecule has 0 bridgehead atoms. The van der Waals surface area contributed by atoms with Crippen molar-refractivity contribution in [1.82, 2.24) is 9.62 Å². The molecule has 0 spiro atoms. The summed E-state index contributed by atoms with van der Waals surface area (Å²) >= 11 is 0. The molecule has 1 aliphatic rings. The van der Waals surface area contributed by atoms with Crippen molar-refractivity contribution in [3.05, 3.63) is 59.7 Å². The Morgan fingerprint density at radius 1 is 1.16 bits per heavy atom. The Labute approximate surface area is 188 Å².